The van der Waals surface area contributed by atoms with Crippen LogP contribution in [0.3, 0.4) is 0 Å². The zero-order valence-electron chi connectivity index (χ0n) is 13.0. The predicted octanol–water partition coefficient (Wildman–Crippen LogP) is 4.20. The van der Waals surface area contributed by atoms with Crippen molar-refractivity contribution in [1.29, 1.82) is 0 Å². The first-order valence-electron chi connectivity index (χ1n) is 7.72. The van der Waals surface area contributed by atoms with E-state index in [-0.39, 0.29) is 12.1 Å². The van der Waals surface area contributed by atoms with Gasteiger partial charge in [-0.15, -0.1) is 0 Å². The smallest absolute Gasteiger partial charge is 0.337 e. The highest BCUT2D eigenvalue weighted by atomic mass is 35.5. The van der Waals surface area contributed by atoms with E-state index in [9.17, 15) is 4.79 Å². The first kappa shape index (κ1) is 16.0. The molecule has 0 spiro atoms. The Labute approximate surface area is 141 Å². The van der Waals surface area contributed by atoms with E-state index in [0.29, 0.717) is 12.2 Å². The minimum Gasteiger partial charge on any atom is -0.465 e. The molecule has 0 saturated heterocycles. The number of methoxy groups -OCH3 is 1. The highest BCUT2D eigenvalue weighted by Gasteiger charge is 2.20. The minimum absolute atomic E-state index is 0.172. The molecule has 1 atom stereocenters. The molecule has 4 heteroatoms. The number of esters is 1. The fraction of sp³-hybridized carbons (Fsp3) is 0.316. The Morgan fingerprint density at radius 3 is 2.70 bits per heavy atom. The van der Waals surface area contributed by atoms with Crippen LogP contribution in [0.5, 0.6) is 0 Å². The zero-order chi connectivity index (χ0) is 16.2. The normalized spacial score (nSPS) is 16.7. The van der Waals surface area contributed by atoms with E-state index in [1.165, 1.54) is 18.2 Å². The number of aryl methyl sites for hydroxylation is 1. The number of rotatable bonds is 4. The summed E-state index contributed by atoms with van der Waals surface area (Å²) in [6.45, 7) is 0.577. The third kappa shape index (κ3) is 3.92. The summed E-state index contributed by atoms with van der Waals surface area (Å²) in [6, 6.07) is 13.5. The van der Waals surface area contributed by atoms with Gasteiger partial charge in [-0.3, -0.25) is 0 Å². The lowest BCUT2D eigenvalue weighted by molar-refractivity contribution is 0.0318. The molecular formula is C19H19ClO3. The molecule has 0 saturated carbocycles. The van der Waals surface area contributed by atoms with E-state index in [4.69, 9.17) is 21.1 Å². The topological polar surface area (TPSA) is 35.5 Å². The highest BCUT2D eigenvalue weighted by Crippen LogP contribution is 2.25. The molecule has 0 N–H and O–H groups in total. The molecule has 0 amide bonds. The van der Waals surface area contributed by atoms with Gasteiger partial charge in [-0.05, 0) is 60.2 Å². The summed E-state index contributed by atoms with van der Waals surface area (Å²) in [4.78, 5) is 11.7. The van der Waals surface area contributed by atoms with Crippen molar-refractivity contribution in [1.82, 2.24) is 0 Å². The SMILES string of the molecule is COC(=O)c1ccc2c(c1)CC(OCc1ccc(Cl)cc1)CC2. The Hall–Kier alpha value is -1.84. The zero-order valence-corrected chi connectivity index (χ0v) is 13.8. The average Bonchev–Trinajstić information content (AvgIpc) is 2.60. The molecule has 23 heavy (non-hydrogen) atoms. The van der Waals surface area contributed by atoms with Crippen molar-refractivity contribution >= 4 is 17.6 Å². The lowest BCUT2D eigenvalue weighted by atomic mass is 9.88. The van der Waals surface area contributed by atoms with Gasteiger partial charge in [0.05, 0.1) is 25.4 Å². The molecule has 1 unspecified atom stereocenters. The first-order valence-corrected chi connectivity index (χ1v) is 8.09. The second-order valence-electron chi connectivity index (χ2n) is 5.78. The second-order valence-corrected chi connectivity index (χ2v) is 6.21. The van der Waals surface area contributed by atoms with Gasteiger partial charge < -0.3 is 9.47 Å². The quantitative estimate of drug-likeness (QED) is 0.788. The number of carbonyl (C=O) groups excluding carboxylic acids is 1. The fourth-order valence-corrected chi connectivity index (χ4v) is 3.03. The van der Waals surface area contributed by atoms with E-state index >= 15 is 0 Å². The van der Waals surface area contributed by atoms with Crippen molar-refractivity contribution < 1.29 is 14.3 Å². The summed E-state index contributed by atoms with van der Waals surface area (Å²) in [5, 5.41) is 0.732. The first-order chi connectivity index (χ1) is 11.2. The van der Waals surface area contributed by atoms with Crippen molar-refractivity contribution in [2.45, 2.75) is 32.0 Å². The number of benzene rings is 2. The van der Waals surface area contributed by atoms with E-state index in [2.05, 4.69) is 0 Å². The van der Waals surface area contributed by atoms with Gasteiger partial charge in [0.1, 0.15) is 0 Å². The van der Waals surface area contributed by atoms with Crippen LogP contribution in [0.15, 0.2) is 42.5 Å². The molecule has 0 radical (unpaired) electrons. The molecule has 0 bridgehead atoms. The molecule has 1 aliphatic carbocycles. The van der Waals surface area contributed by atoms with Gasteiger partial charge in [-0.25, -0.2) is 4.79 Å². The van der Waals surface area contributed by atoms with Gasteiger partial charge >= 0.3 is 5.97 Å². The van der Waals surface area contributed by atoms with Crippen LogP contribution in [-0.2, 0) is 28.9 Å². The minimum atomic E-state index is -0.294. The Bertz CT molecular complexity index is 694. The molecular weight excluding hydrogens is 312 g/mol. The number of fused-ring (bicyclic) bond motifs is 1. The van der Waals surface area contributed by atoms with E-state index in [1.807, 2.05) is 42.5 Å². The maximum Gasteiger partial charge on any atom is 0.337 e. The fourth-order valence-electron chi connectivity index (χ4n) is 2.91. The van der Waals surface area contributed by atoms with Gasteiger partial charge in [-0.2, -0.15) is 0 Å². The van der Waals surface area contributed by atoms with E-state index < -0.39 is 0 Å². The number of hydrogen-bond acceptors (Lipinski definition) is 3. The maximum absolute atomic E-state index is 11.7. The monoisotopic (exact) mass is 330 g/mol. The molecule has 2 aromatic carbocycles. The standard InChI is InChI=1S/C19H19ClO3/c1-22-19(21)15-5-4-14-6-9-18(11-16(14)10-15)23-12-13-2-7-17(20)8-3-13/h2-5,7-8,10,18H,6,9,11-12H2,1H3. The average molecular weight is 331 g/mol. The van der Waals surface area contributed by atoms with Crippen molar-refractivity contribution in [3.8, 4) is 0 Å². The van der Waals surface area contributed by atoms with Gasteiger partial charge in [0.15, 0.2) is 0 Å². The summed E-state index contributed by atoms with van der Waals surface area (Å²) in [7, 11) is 1.40. The van der Waals surface area contributed by atoms with Crippen LogP contribution in [0, 0.1) is 0 Å². The van der Waals surface area contributed by atoms with Gasteiger partial charge in [0.2, 0.25) is 0 Å². The van der Waals surface area contributed by atoms with Gasteiger partial charge in [0, 0.05) is 5.02 Å². The summed E-state index contributed by atoms with van der Waals surface area (Å²) in [5.74, 6) is -0.294. The van der Waals surface area contributed by atoms with Gasteiger partial charge in [-0.1, -0.05) is 29.8 Å². The third-order valence-corrected chi connectivity index (χ3v) is 4.46. The summed E-state index contributed by atoms with van der Waals surface area (Å²) in [6.07, 6.45) is 2.97. The number of hydrogen-bond donors (Lipinski definition) is 0. The number of ether oxygens (including phenoxy) is 2. The Balaban J connectivity index is 1.64. The molecule has 0 aromatic heterocycles. The largest absolute Gasteiger partial charge is 0.465 e. The molecule has 120 valence electrons. The van der Waals surface area contributed by atoms with Crippen LogP contribution in [0.25, 0.3) is 0 Å². The maximum atomic E-state index is 11.7. The van der Waals surface area contributed by atoms with Crippen LogP contribution in [-0.4, -0.2) is 19.2 Å². The lowest BCUT2D eigenvalue weighted by Crippen LogP contribution is -2.23. The van der Waals surface area contributed by atoms with Crippen molar-refractivity contribution in [2.24, 2.45) is 0 Å². The molecule has 0 heterocycles. The third-order valence-electron chi connectivity index (χ3n) is 4.21. The predicted molar refractivity (Wildman–Crippen MR) is 89.8 cm³/mol. The molecule has 3 rings (SSSR count). The Kier molecular flexibility index (Phi) is 4.99. The van der Waals surface area contributed by atoms with Gasteiger partial charge in [0.25, 0.3) is 0 Å². The van der Waals surface area contributed by atoms with E-state index in [0.717, 1.165) is 29.8 Å². The summed E-state index contributed by atoms with van der Waals surface area (Å²) in [5.41, 5.74) is 4.19. The van der Waals surface area contributed by atoms with Crippen molar-refractivity contribution in [3.63, 3.8) is 0 Å². The Morgan fingerprint density at radius 2 is 1.96 bits per heavy atom. The van der Waals surface area contributed by atoms with E-state index in [1.54, 1.807) is 0 Å². The molecule has 2 aromatic rings. The number of halogens is 1. The highest BCUT2D eigenvalue weighted by molar-refractivity contribution is 6.30. The van der Waals surface area contributed by atoms with Crippen molar-refractivity contribution in [2.75, 3.05) is 7.11 Å². The molecule has 0 aliphatic heterocycles. The molecule has 0 fully saturated rings. The van der Waals surface area contributed by atoms with Crippen LogP contribution >= 0.6 is 11.6 Å². The van der Waals surface area contributed by atoms with Crippen LogP contribution in [0.1, 0.15) is 33.5 Å². The summed E-state index contributed by atoms with van der Waals surface area (Å²) >= 11 is 5.89. The lowest BCUT2D eigenvalue weighted by Gasteiger charge is -2.25. The van der Waals surface area contributed by atoms with Crippen LogP contribution in [0.4, 0.5) is 0 Å². The van der Waals surface area contributed by atoms with Crippen molar-refractivity contribution in [3.05, 3.63) is 69.7 Å². The summed E-state index contributed by atoms with van der Waals surface area (Å²) < 4.78 is 10.8. The second kappa shape index (κ2) is 7.16. The Morgan fingerprint density at radius 1 is 1.17 bits per heavy atom. The van der Waals surface area contributed by atoms with Crippen LogP contribution < -0.4 is 0 Å². The molecule has 3 nitrogen and oxygen atoms in total. The number of carbonyl (C=O) groups is 1. The van der Waals surface area contributed by atoms with Crippen LogP contribution in [0.2, 0.25) is 5.02 Å². The molecule has 1 aliphatic rings.